The minimum atomic E-state index is 0.178. The molecule has 2 aromatic heterocycles. The molecular weight excluding hydrogens is 464 g/mol. The molecule has 4 nitrogen and oxygen atoms in total. The summed E-state index contributed by atoms with van der Waals surface area (Å²) in [4.78, 5) is 13.4. The van der Waals surface area contributed by atoms with Crippen LogP contribution in [0.5, 0.6) is 0 Å². The van der Waals surface area contributed by atoms with E-state index < -0.39 is 0 Å². The maximum atomic E-state index is 6.27. The largest absolute Gasteiger partial charge is 0.309 e. The van der Waals surface area contributed by atoms with E-state index in [1.807, 2.05) is 42.5 Å². The number of halogens is 1. The third-order valence-electron chi connectivity index (χ3n) is 6.59. The van der Waals surface area contributed by atoms with Crippen LogP contribution in [0.25, 0.3) is 61.0 Å². The van der Waals surface area contributed by atoms with Crippen molar-refractivity contribution in [2.75, 3.05) is 0 Å². The minimum Gasteiger partial charge on any atom is -0.309 e. The zero-order valence-electron chi connectivity index (χ0n) is 19.1. The Bertz CT molecular complexity index is 1890. The molecule has 0 N–H and O–H groups in total. The van der Waals surface area contributed by atoms with Crippen LogP contribution in [0.2, 0.25) is 5.28 Å². The second-order valence-corrected chi connectivity index (χ2v) is 9.04. The second-order valence-electron chi connectivity index (χ2n) is 8.70. The molecule has 0 spiro atoms. The van der Waals surface area contributed by atoms with Gasteiger partial charge in [-0.25, -0.2) is 4.98 Å². The summed E-state index contributed by atoms with van der Waals surface area (Å²) in [6, 6.07) is 39.6. The van der Waals surface area contributed by atoms with E-state index in [2.05, 4.69) is 92.3 Å². The maximum Gasteiger partial charge on any atom is 0.226 e. The lowest BCUT2D eigenvalue weighted by Crippen LogP contribution is -1.98. The van der Waals surface area contributed by atoms with E-state index in [-0.39, 0.29) is 5.28 Å². The molecule has 7 rings (SSSR count). The summed E-state index contributed by atoms with van der Waals surface area (Å²) in [6.07, 6.45) is 0. The molecule has 36 heavy (non-hydrogen) atoms. The molecule has 0 aliphatic carbocycles. The number of nitrogens with zero attached hydrogens (tertiary/aromatic N) is 4. The van der Waals surface area contributed by atoms with Crippen LogP contribution in [0.1, 0.15) is 0 Å². The SMILES string of the molecule is Clc1nc(-c2ccccc2)nc(-c2ccc(-n3c4ccccc4c4c5ccccc5ccc43)cc2)n1. The molecule has 7 aromatic rings. The zero-order valence-corrected chi connectivity index (χ0v) is 19.9. The predicted octanol–water partition coefficient (Wildman–Crippen LogP) is 8.11. The Kier molecular flexibility index (Phi) is 4.79. The molecule has 0 fully saturated rings. The van der Waals surface area contributed by atoms with Gasteiger partial charge in [0.25, 0.3) is 0 Å². The van der Waals surface area contributed by atoms with Gasteiger partial charge < -0.3 is 4.57 Å². The van der Waals surface area contributed by atoms with E-state index >= 15 is 0 Å². The monoisotopic (exact) mass is 482 g/mol. The smallest absolute Gasteiger partial charge is 0.226 e. The fraction of sp³-hybridized carbons (Fsp3) is 0. The highest BCUT2D eigenvalue weighted by Crippen LogP contribution is 2.37. The number of hydrogen-bond donors (Lipinski definition) is 0. The average molecular weight is 483 g/mol. The van der Waals surface area contributed by atoms with Crippen LogP contribution in [0.15, 0.2) is 115 Å². The van der Waals surface area contributed by atoms with Crippen LogP contribution in [-0.2, 0) is 0 Å². The fourth-order valence-electron chi connectivity index (χ4n) is 4.97. The van der Waals surface area contributed by atoms with Crippen molar-refractivity contribution in [3.8, 4) is 28.5 Å². The van der Waals surface area contributed by atoms with E-state index in [0.717, 1.165) is 16.8 Å². The Balaban J connectivity index is 1.38. The van der Waals surface area contributed by atoms with Crippen molar-refractivity contribution in [2.24, 2.45) is 0 Å². The highest BCUT2D eigenvalue weighted by molar-refractivity contribution is 6.28. The second kappa shape index (κ2) is 8.29. The topological polar surface area (TPSA) is 43.6 Å². The molecule has 0 aliphatic rings. The van der Waals surface area contributed by atoms with Gasteiger partial charge in [-0.2, -0.15) is 9.97 Å². The highest BCUT2D eigenvalue weighted by Gasteiger charge is 2.15. The molecule has 170 valence electrons. The maximum absolute atomic E-state index is 6.27. The van der Waals surface area contributed by atoms with E-state index in [1.165, 1.54) is 32.6 Å². The van der Waals surface area contributed by atoms with Crippen molar-refractivity contribution in [1.82, 2.24) is 19.5 Å². The number of benzene rings is 5. The molecule has 0 bridgehead atoms. The van der Waals surface area contributed by atoms with Gasteiger partial charge in [0.05, 0.1) is 11.0 Å². The van der Waals surface area contributed by atoms with Gasteiger partial charge in [0.15, 0.2) is 11.6 Å². The average Bonchev–Trinajstić information content (AvgIpc) is 3.28. The predicted molar refractivity (Wildman–Crippen MR) is 148 cm³/mol. The molecule has 0 amide bonds. The lowest BCUT2D eigenvalue weighted by molar-refractivity contribution is 1.06. The van der Waals surface area contributed by atoms with Gasteiger partial charge in [0.1, 0.15) is 0 Å². The molecule has 0 saturated heterocycles. The van der Waals surface area contributed by atoms with Crippen molar-refractivity contribution in [2.45, 2.75) is 0 Å². The Hall–Kier alpha value is -4.54. The first-order valence-electron chi connectivity index (χ1n) is 11.7. The summed E-state index contributed by atoms with van der Waals surface area (Å²) in [6.45, 7) is 0. The van der Waals surface area contributed by atoms with Gasteiger partial charge in [-0.05, 0) is 58.8 Å². The summed E-state index contributed by atoms with van der Waals surface area (Å²) in [7, 11) is 0. The molecule has 0 atom stereocenters. The summed E-state index contributed by atoms with van der Waals surface area (Å²) in [5.74, 6) is 1.11. The third-order valence-corrected chi connectivity index (χ3v) is 6.76. The van der Waals surface area contributed by atoms with Crippen LogP contribution in [0.3, 0.4) is 0 Å². The summed E-state index contributed by atoms with van der Waals surface area (Å²) in [5.41, 5.74) is 5.20. The Morgan fingerprint density at radius 1 is 0.500 bits per heavy atom. The number of para-hydroxylation sites is 1. The standard InChI is InChI=1S/C31H19ClN4/c32-31-34-29(21-9-2-1-3-10-21)33-30(35-31)22-14-17-23(18-15-22)36-26-13-7-6-12-25(26)28-24-11-5-4-8-20(24)16-19-27(28)36/h1-19H. The number of rotatable bonds is 3. The van der Waals surface area contributed by atoms with Gasteiger partial charge in [0.2, 0.25) is 5.28 Å². The first-order valence-corrected chi connectivity index (χ1v) is 12.1. The van der Waals surface area contributed by atoms with Crippen LogP contribution in [-0.4, -0.2) is 19.5 Å². The van der Waals surface area contributed by atoms with Crippen LogP contribution < -0.4 is 0 Å². The molecule has 2 heterocycles. The minimum absolute atomic E-state index is 0.178. The van der Waals surface area contributed by atoms with Gasteiger partial charge in [0, 0.05) is 27.6 Å². The molecule has 0 unspecified atom stereocenters. The number of fused-ring (bicyclic) bond motifs is 5. The van der Waals surface area contributed by atoms with Crippen LogP contribution in [0, 0.1) is 0 Å². The van der Waals surface area contributed by atoms with E-state index in [9.17, 15) is 0 Å². The van der Waals surface area contributed by atoms with Crippen molar-refractivity contribution < 1.29 is 0 Å². The molecule has 0 aliphatic heterocycles. The zero-order chi connectivity index (χ0) is 24.1. The Morgan fingerprint density at radius 2 is 1.14 bits per heavy atom. The molecule has 5 heteroatoms. The molecular formula is C31H19ClN4. The fourth-order valence-corrected chi connectivity index (χ4v) is 5.13. The Labute approximate surface area is 212 Å². The Morgan fingerprint density at radius 3 is 1.92 bits per heavy atom. The summed E-state index contributed by atoms with van der Waals surface area (Å²) >= 11 is 6.27. The van der Waals surface area contributed by atoms with Gasteiger partial charge in [-0.3, -0.25) is 0 Å². The highest BCUT2D eigenvalue weighted by atomic mass is 35.5. The lowest BCUT2D eigenvalue weighted by Gasteiger charge is -2.10. The summed E-state index contributed by atoms with van der Waals surface area (Å²) in [5, 5.41) is 5.19. The van der Waals surface area contributed by atoms with Gasteiger partial charge >= 0.3 is 0 Å². The van der Waals surface area contributed by atoms with Gasteiger partial charge in [-0.1, -0.05) is 78.9 Å². The van der Waals surface area contributed by atoms with Crippen molar-refractivity contribution in [1.29, 1.82) is 0 Å². The number of hydrogen-bond acceptors (Lipinski definition) is 3. The van der Waals surface area contributed by atoms with E-state index in [0.29, 0.717) is 11.6 Å². The molecule has 0 saturated carbocycles. The van der Waals surface area contributed by atoms with E-state index in [4.69, 9.17) is 11.6 Å². The van der Waals surface area contributed by atoms with E-state index in [1.54, 1.807) is 0 Å². The first-order chi connectivity index (χ1) is 17.8. The van der Waals surface area contributed by atoms with Crippen molar-refractivity contribution >= 4 is 44.2 Å². The third kappa shape index (κ3) is 3.35. The van der Waals surface area contributed by atoms with Crippen LogP contribution >= 0.6 is 11.6 Å². The quantitative estimate of drug-likeness (QED) is 0.255. The van der Waals surface area contributed by atoms with Crippen molar-refractivity contribution in [3.05, 3.63) is 121 Å². The number of aromatic nitrogens is 4. The lowest BCUT2D eigenvalue weighted by atomic mass is 10.0. The molecule has 5 aromatic carbocycles. The van der Waals surface area contributed by atoms with Gasteiger partial charge in [-0.15, -0.1) is 0 Å². The first kappa shape index (κ1) is 20.8. The summed E-state index contributed by atoms with van der Waals surface area (Å²) < 4.78 is 2.32. The van der Waals surface area contributed by atoms with Crippen LogP contribution in [0.4, 0.5) is 0 Å². The van der Waals surface area contributed by atoms with Crippen molar-refractivity contribution in [3.63, 3.8) is 0 Å². The normalized spacial score (nSPS) is 11.5. The molecule has 0 radical (unpaired) electrons.